The number of nitrogens with one attached hydrogen (secondary N) is 1. The summed E-state index contributed by atoms with van der Waals surface area (Å²) in [4.78, 5) is 2.34. The van der Waals surface area contributed by atoms with E-state index in [1.54, 1.807) is 14.2 Å². The van der Waals surface area contributed by atoms with Crippen LogP contribution in [-0.4, -0.2) is 64.6 Å². The molecule has 0 bridgehead atoms. The number of fused-ring (bicyclic) bond motifs is 2. The van der Waals surface area contributed by atoms with Gasteiger partial charge in [0.1, 0.15) is 24.7 Å². The van der Waals surface area contributed by atoms with Gasteiger partial charge in [0.15, 0.2) is 22.7 Å². The van der Waals surface area contributed by atoms with E-state index < -0.39 is 0 Å². The number of likely N-dealkylation sites (tertiary alicyclic amines) is 1. The summed E-state index contributed by atoms with van der Waals surface area (Å²) in [6, 6.07) is 11.8. The molecule has 2 fully saturated rings. The molecular formula is C31H38Br2N2O6. The molecule has 0 saturated carbocycles. The third-order valence-electron chi connectivity index (χ3n) is 7.60. The zero-order valence-electron chi connectivity index (χ0n) is 23.8. The number of benzene rings is 2. The average Bonchev–Trinajstić information content (AvgIpc) is 3.63. The molecule has 2 aromatic heterocycles. The summed E-state index contributed by atoms with van der Waals surface area (Å²) < 4.78 is 36.3. The third kappa shape index (κ3) is 7.66. The van der Waals surface area contributed by atoms with Gasteiger partial charge in [-0.25, -0.2) is 0 Å². The maximum atomic E-state index is 5.98. The van der Waals surface area contributed by atoms with Crippen LogP contribution in [0, 0.1) is 0 Å². The van der Waals surface area contributed by atoms with Crippen molar-refractivity contribution < 1.29 is 27.8 Å². The van der Waals surface area contributed by atoms with Gasteiger partial charge in [-0.2, -0.15) is 0 Å². The lowest BCUT2D eigenvalue weighted by Gasteiger charge is -2.28. The maximum absolute atomic E-state index is 5.98. The Morgan fingerprint density at radius 1 is 0.756 bits per heavy atom. The van der Waals surface area contributed by atoms with Crippen molar-refractivity contribution in [2.75, 3.05) is 47.4 Å². The average molecular weight is 694 g/mol. The Morgan fingerprint density at radius 3 is 1.68 bits per heavy atom. The molecule has 4 aromatic rings. The molecule has 0 aliphatic carbocycles. The second-order valence-corrected chi connectivity index (χ2v) is 12.2. The van der Waals surface area contributed by atoms with Crippen LogP contribution in [0.2, 0.25) is 0 Å². The first-order chi connectivity index (χ1) is 19.9. The minimum Gasteiger partial charge on any atom is -0.493 e. The third-order valence-corrected chi connectivity index (χ3v) is 8.99. The van der Waals surface area contributed by atoms with Gasteiger partial charge in [0.05, 0.1) is 26.4 Å². The lowest BCUT2D eigenvalue weighted by atomic mass is 10.1. The Morgan fingerprint density at radius 2 is 1.22 bits per heavy atom. The van der Waals surface area contributed by atoms with E-state index in [1.807, 2.05) is 36.4 Å². The van der Waals surface area contributed by atoms with Crippen LogP contribution in [0.4, 0.5) is 0 Å². The summed E-state index contributed by atoms with van der Waals surface area (Å²) in [5.74, 6) is 3.17. The van der Waals surface area contributed by atoms with Crippen molar-refractivity contribution in [2.45, 2.75) is 51.1 Å². The highest BCUT2D eigenvalue weighted by atomic mass is 79.9. The molecule has 8 nitrogen and oxygen atoms in total. The van der Waals surface area contributed by atoms with E-state index in [4.69, 9.17) is 27.8 Å². The number of ether oxygens (including phenoxy) is 4. The molecule has 2 aliphatic rings. The largest absolute Gasteiger partial charge is 0.493 e. The number of hydrogen-bond acceptors (Lipinski definition) is 8. The molecule has 222 valence electrons. The highest BCUT2D eigenvalue weighted by Gasteiger charge is 2.19. The monoisotopic (exact) mass is 692 g/mol. The Bertz CT molecular complexity index is 1420. The molecule has 10 heteroatoms. The van der Waals surface area contributed by atoms with Gasteiger partial charge in [0.25, 0.3) is 0 Å². The minimum atomic E-state index is 0.329. The van der Waals surface area contributed by atoms with E-state index >= 15 is 0 Å². The lowest BCUT2D eigenvalue weighted by molar-refractivity contribution is -0.00433. The van der Waals surface area contributed by atoms with Gasteiger partial charge in [0, 0.05) is 32.8 Å². The Kier molecular flexibility index (Phi) is 10.7. The molecule has 0 spiro atoms. The molecule has 0 amide bonds. The first-order valence-electron chi connectivity index (χ1n) is 14.1. The van der Waals surface area contributed by atoms with Crippen LogP contribution in [0.5, 0.6) is 11.5 Å². The fraction of sp³-hybridized carbons (Fsp3) is 0.484. The molecule has 4 heterocycles. The van der Waals surface area contributed by atoms with Crippen molar-refractivity contribution in [2.24, 2.45) is 0 Å². The number of nitrogens with zero attached hydrogens (tertiary/aromatic N) is 1. The molecule has 2 saturated heterocycles. The number of rotatable bonds is 8. The molecule has 0 radical (unpaired) electrons. The summed E-state index contributed by atoms with van der Waals surface area (Å²) in [6.07, 6.45) is 4.96. The van der Waals surface area contributed by atoms with Gasteiger partial charge in [0.2, 0.25) is 0 Å². The first kappa shape index (κ1) is 30.4. The predicted octanol–water partition coefficient (Wildman–Crippen LogP) is 7.29. The summed E-state index contributed by atoms with van der Waals surface area (Å²) in [6.45, 7) is 5.29. The number of piperidine rings is 2. The SMILES string of the molecule is COc1ccc(Br)c2cc(COC3CCN(C)CC3)oc12.COc1ccc(Br)c2cc(COC3CCNCC3)oc12. The quantitative estimate of drug-likeness (QED) is 0.206. The van der Waals surface area contributed by atoms with Gasteiger partial charge in [-0.15, -0.1) is 0 Å². The van der Waals surface area contributed by atoms with Crippen molar-refractivity contribution in [3.05, 3.63) is 56.9 Å². The molecule has 2 aromatic carbocycles. The van der Waals surface area contributed by atoms with Crippen molar-refractivity contribution in [1.29, 1.82) is 0 Å². The molecule has 41 heavy (non-hydrogen) atoms. The van der Waals surface area contributed by atoms with Crippen LogP contribution >= 0.6 is 31.9 Å². The van der Waals surface area contributed by atoms with E-state index in [1.165, 1.54) is 0 Å². The zero-order valence-corrected chi connectivity index (χ0v) is 27.0. The molecule has 0 unspecified atom stereocenters. The molecule has 2 aliphatic heterocycles. The Balaban J connectivity index is 0.000000165. The van der Waals surface area contributed by atoms with Gasteiger partial charge >= 0.3 is 0 Å². The van der Waals surface area contributed by atoms with Crippen LogP contribution in [0.15, 0.2) is 54.2 Å². The van der Waals surface area contributed by atoms with Crippen LogP contribution in [0.1, 0.15) is 37.2 Å². The van der Waals surface area contributed by atoms with Crippen molar-refractivity contribution in [3.8, 4) is 11.5 Å². The van der Waals surface area contributed by atoms with E-state index in [0.29, 0.717) is 25.4 Å². The smallest absolute Gasteiger partial charge is 0.177 e. The lowest BCUT2D eigenvalue weighted by Crippen LogP contribution is -2.34. The van der Waals surface area contributed by atoms with Crippen molar-refractivity contribution >= 4 is 53.8 Å². The predicted molar refractivity (Wildman–Crippen MR) is 167 cm³/mol. The normalized spacial score (nSPS) is 17.1. The number of hydrogen-bond donors (Lipinski definition) is 1. The minimum absolute atomic E-state index is 0.329. The van der Waals surface area contributed by atoms with Gasteiger partial charge in [-0.1, -0.05) is 31.9 Å². The first-order valence-corrected chi connectivity index (χ1v) is 15.7. The Labute approximate surface area is 257 Å². The van der Waals surface area contributed by atoms with E-state index in [9.17, 15) is 0 Å². The van der Waals surface area contributed by atoms with Crippen molar-refractivity contribution in [1.82, 2.24) is 10.2 Å². The number of furan rings is 2. The number of halogens is 2. The summed E-state index contributed by atoms with van der Waals surface area (Å²) in [5.41, 5.74) is 1.54. The summed E-state index contributed by atoms with van der Waals surface area (Å²) in [7, 11) is 5.45. The standard InChI is InChI=1S/C16H20BrNO3.C15H18BrNO3/c1-18-7-5-11(6-8-18)20-10-12-9-13-14(17)3-4-15(19-2)16(13)21-12;1-18-14-3-2-13(16)12-8-11(20-15(12)14)9-19-10-4-6-17-7-5-10/h3-4,9,11H,5-8,10H2,1-2H3;2-3,8,10,17H,4-7,9H2,1H3. The van der Waals surface area contributed by atoms with E-state index in [2.05, 4.69) is 49.1 Å². The van der Waals surface area contributed by atoms with Gasteiger partial charge < -0.3 is 38.0 Å². The van der Waals surface area contributed by atoms with Crippen molar-refractivity contribution in [3.63, 3.8) is 0 Å². The second-order valence-electron chi connectivity index (χ2n) is 10.5. The molecule has 0 atom stereocenters. The molecule has 6 rings (SSSR count). The summed E-state index contributed by atoms with van der Waals surface area (Å²) >= 11 is 7.08. The maximum Gasteiger partial charge on any atom is 0.177 e. The fourth-order valence-corrected chi connectivity index (χ4v) is 6.06. The second kappa shape index (κ2) is 14.4. The number of methoxy groups -OCH3 is 2. The van der Waals surface area contributed by atoms with Crippen LogP contribution in [-0.2, 0) is 22.7 Å². The zero-order chi connectivity index (χ0) is 28.8. The summed E-state index contributed by atoms with van der Waals surface area (Å²) in [5, 5.41) is 5.38. The van der Waals surface area contributed by atoms with E-state index in [0.717, 1.165) is 106 Å². The highest BCUT2D eigenvalue weighted by molar-refractivity contribution is 9.11. The highest BCUT2D eigenvalue weighted by Crippen LogP contribution is 2.35. The van der Waals surface area contributed by atoms with E-state index in [-0.39, 0.29) is 0 Å². The van der Waals surface area contributed by atoms with Gasteiger partial charge in [-0.3, -0.25) is 0 Å². The molecular weight excluding hydrogens is 656 g/mol. The van der Waals surface area contributed by atoms with Crippen LogP contribution < -0.4 is 14.8 Å². The van der Waals surface area contributed by atoms with Gasteiger partial charge in [-0.05, 0) is 82.2 Å². The molecule has 1 N–H and O–H groups in total. The topological polar surface area (TPSA) is 78.5 Å². The van der Waals surface area contributed by atoms with Crippen LogP contribution in [0.3, 0.4) is 0 Å². The van der Waals surface area contributed by atoms with Crippen LogP contribution in [0.25, 0.3) is 21.9 Å². The Hall–Kier alpha value is -2.08. The fourth-order valence-electron chi connectivity index (χ4n) is 5.21.